The summed E-state index contributed by atoms with van der Waals surface area (Å²) >= 11 is 3.19. The number of pyridine rings is 1. The van der Waals surface area contributed by atoms with Gasteiger partial charge in [0, 0.05) is 24.0 Å². The summed E-state index contributed by atoms with van der Waals surface area (Å²) in [6.07, 6.45) is 3.32. The van der Waals surface area contributed by atoms with Crippen LogP contribution in [-0.2, 0) is 13.2 Å². The minimum atomic E-state index is -0.720. The molecule has 0 saturated heterocycles. The average molecular weight is 422 g/mol. The fourth-order valence-electron chi connectivity index (χ4n) is 2.35. The Bertz CT molecular complexity index is 994. The molecule has 0 fully saturated rings. The normalized spacial score (nSPS) is 10.8. The smallest absolute Gasteiger partial charge is 0.272 e. The fraction of sp³-hybridized carbons (Fsp3) is 0.167. The molecular weight excluding hydrogens is 408 g/mol. The van der Waals surface area contributed by atoms with Gasteiger partial charge in [-0.1, -0.05) is 6.07 Å². The molecule has 0 aliphatic heterocycles. The summed E-state index contributed by atoms with van der Waals surface area (Å²) < 4.78 is 33.7. The second-order valence-corrected chi connectivity index (χ2v) is 6.35. The molecule has 3 rings (SSSR count). The van der Waals surface area contributed by atoms with Crippen LogP contribution in [0.4, 0.5) is 8.78 Å². The summed E-state index contributed by atoms with van der Waals surface area (Å²) in [5.41, 5.74) is 0.696. The van der Waals surface area contributed by atoms with Gasteiger partial charge in [0.2, 0.25) is 5.88 Å². The molecule has 5 nitrogen and oxygen atoms in total. The molecule has 2 heterocycles. The number of benzene rings is 1. The summed E-state index contributed by atoms with van der Waals surface area (Å²) in [5, 5.41) is 0. The Kier molecular flexibility index (Phi) is 5.41. The maximum atomic E-state index is 13.7. The van der Waals surface area contributed by atoms with Crippen LogP contribution in [0.1, 0.15) is 17.0 Å². The maximum absolute atomic E-state index is 13.7. The first-order valence-corrected chi connectivity index (χ1v) is 8.47. The van der Waals surface area contributed by atoms with E-state index < -0.39 is 11.6 Å². The van der Waals surface area contributed by atoms with Crippen LogP contribution in [0, 0.1) is 18.6 Å². The molecule has 0 amide bonds. The minimum absolute atomic E-state index is 0.0543. The number of hydrogen-bond acceptors (Lipinski definition) is 4. The molecular formula is C18H14BrF2N3O2. The Balaban J connectivity index is 1.84. The number of ether oxygens (including phenoxy) is 1. The largest absolute Gasteiger partial charge is 0.472 e. The molecule has 0 N–H and O–H groups in total. The zero-order valence-electron chi connectivity index (χ0n) is 13.7. The third kappa shape index (κ3) is 3.96. The van der Waals surface area contributed by atoms with E-state index in [-0.39, 0.29) is 28.1 Å². The van der Waals surface area contributed by atoms with E-state index in [1.54, 1.807) is 25.4 Å². The van der Waals surface area contributed by atoms with E-state index in [0.717, 1.165) is 17.7 Å². The van der Waals surface area contributed by atoms with Crippen LogP contribution >= 0.6 is 15.9 Å². The molecule has 0 radical (unpaired) electrons. The highest BCUT2D eigenvalue weighted by Crippen LogP contribution is 2.21. The molecule has 8 heteroatoms. The van der Waals surface area contributed by atoms with Crippen molar-refractivity contribution in [3.05, 3.63) is 86.1 Å². The van der Waals surface area contributed by atoms with E-state index >= 15 is 0 Å². The van der Waals surface area contributed by atoms with Crippen molar-refractivity contribution in [2.24, 2.45) is 0 Å². The first-order valence-electron chi connectivity index (χ1n) is 7.68. The summed E-state index contributed by atoms with van der Waals surface area (Å²) in [5.74, 6) is -0.891. The Labute approximate surface area is 156 Å². The predicted octanol–water partition coefficient (Wildman–Crippen LogP) is 3.61. The molecule has 1 aromatic carbocycles. The molecule has 0 saturated carbocycles. The topological polar surface area (TPSA) is 57.0 Å². The van der Waals surface area contributed by atoms with Crippen molar-refractivity contribution < 1.29 is 13.5 Å². The third-order valence-electron chi connectivity index (χ3n) is 3.72. The van der Waals surface area contributed by atoms with E-state index in [0.29, 0.717) is 12.4 Å². The van der Waals surface area contributed by atoms with Crippen molar-refractivity contribution in [1.82, 2.24) is 14.5 Å². The lowest BCUT2D eigenvalue weighted by Crippen LogP contribution is -2.25. The average Bonchev–Trinajstić information content (AvgIpc) is 2.63. The first kappa shape index (κ1) is 18.2. The van der Waals surface area contributed by atoms with Gasteiger partial charge in [0.25, 0.3) is 5.56 Å². The van der Waals surface area contributed by atoms with Crippen LogP contribution in [0.25, 0.3) is 0 Å². The van der Waals surface area contributed by atoms with E-state index in [1.165, 1.54) is 10.6 Å². The van der Waals surface area contributed by atoms with Crippen molar-refractivity contribution in [3.8, 4) is 5.88 Å². The number of aryl methyl sites for hydroxylation is 1. The highest BCUT2D eigenvalue weighted by atomic mass is 79.9. The van der Waals surface area contributed by atoms with E-state index in [1.807, 2.05) is 6.07 Å². The lowest BCUT2D eigenvalue weighted by atomic mass is 10.2. The van der Waals surface area contributed by atoms with Crippen LogP contribution in [-0.4, -0.2) is 14.5 Å². The molecule has 134 valence electrons. The van der Waals surface area contributed by atoms with Gasteiger partial charge in [-0.15, -0.1) is 0 Å². The lowest BCUT2D eigenvalue weighted by Gasteiger charge is -2.13. The first-order chi connectivity index (χ1) is 12.5. The molecule has 2 aromatic heterocycles. The summed E-state index contributed by atoms with van der Waals surface area (Å²) in [4.78, 5) is 20.9. The fourth-order valence-corrected chi connectivity index (χ4v) is 2.77. The summed E-state index contributed by atoms with van der Waals surface area (Å²) in [7, 11) is 0. The van der Waals surface area contributed by atoms with Crippen molar-refractivity contribution >= 4 is 15.9 Å². The molecule has 0 spiro atoms. The predicted molar refractivity (Wildman–Crippen MR) is 95.0 cm³/mol. The van der Waals surface area contributed by atoms with Crippen LogP contribution in [0.3, 0.4) is 0 Å². The SMILES string of the molecule is Cc1nc(OCc2ccc(F)cc2F)c(Br)c(=O)n1Cc1cccnc1. The zero-order chi connectivity index (χ0) is 18.7. The summed E-state index contributed by atoms with van der Waals surface area (Å²) in [6, 6.07) is 6.84. The second-order valence-electron chi connectivity index (χ2n) is 5.56. The van der Waals surface area contributed by atoms with Crippen LogP contribution in [0.2, 0.25) is 0 Å². The highest BCUT2D eigenvalue weighted by Gasteiger charge is 2.15. The Morgan fingerprint density at radius 1 is 1.27 bits per heavy atom. The standard InChI is InChI=1S/C18H14BrF2N3O2/c1-11-23-17(26-10-13-4-5-14(20)7-15(13)21)16(19)18(25)24(11)9-12-3-2-6-22-8-12/h2-8H,9-10H2,1H3. The monoisotopic (exact) mass is 421 g/mol. The van der Waals surface area contributed by atoms with Crippen LogP contribution < -0.4 is 10.3 Å². The second kappa shape index (κ2) is 7.74. The van der Waals surface area contributed by atoms with Gasteiger partial charge in [-0.25, -0.2) is 8.78 Å². The number of rotatable bonds is 5. The van der Waals surface area contributed by atoms with Crippen molar-refractivity contribution in [3.63, 3.8) is 0 Å². The molecule has 0 atom stereocenters. The molecule has 0 bridgehead atoms. The van der Waals surface area contributed by atoms with Crippen molar-refractivity contribution in [2.75, 3.05) is 0 Å². The van der Waals surface area contributed by atoms with Gasteiger partial charge in [-0.05, 0) is 46.6 Å². The van der Waals surface area contributed by atoms with Gasteiger partial charge in [-0.2, -0.15) is 4.98 Å². The molecule has 3 aromatic rings. The van der Waals surface area contributed by atoms with Gasteiger partial charge in [-0.3, -0.25) is 14.3 Å². The maximum Gasteiger partial charge on any atom is 0.272 e. The van der Waals surface area contributed by atoms with Gasteiger partial charge in [0.15, 0.2) is 0 Å². The number of nitrogens with zero attached hydrogens (tertiary/aromatic N) is 3. The number of aromatic nitrogens is 3. The van der Waals surface area contributed by atoms with E-state index in [4.69, 9.17) is 4.74 Å². The van der Waals surface area contributed by atoms with Crippen molar-refractivity contribution in [1.29, 1.82) is 0 Å². The van der Waals surface area contributed by atoms with Gasteiger partial charge in [0.1, 0.15) is 28.5 Å². The number of hydrogen-bond donors (Lipinski definition) is 0. The van der Waals surface area contributed by atoms with E-state index in [2.05, 4.69) is 25.9 Å². The lowest BCUT2D eigenvalue weighted by molar-refractivity contribution is 0.282. The number of halogens is 3. The molecule has 26 heavy (non-hydrogen) atoms. The zero-order valence-corrected chi connectivity index (χ0v) is 15.3. The van der Waals surface area contributed by atoms with Gasteiger partial charge < -0.3 is 4.74 Å². The molecule has 0 aliphatic carbocycles. The molecule has 0 aliphatic rings. The quantitative estimate of drug-likeness (QED) is 0.631. The highest BCUT2D eigenvalue weighted by molar-refractivity contribution is 9.10. The summed E-state index contributed by atoms with van der Waals surface area (Å²) in [6.45, 7) is 1.82. The van der Waals surface area contributed by atoms with Crippen LogP contribution in [0.5, 0.6) is 5.88 Å². The van der Waals surface area contributed by atoms with Crippen LogP contribution in [0.15, 0.2) is 52.0 Å². The Morgan fingerprint density at radius 2 is 2.08 bits per heavy atom. The van der Waals surface area contributed by atoms with Crippen molar-refractivity contribution in [2.45, 2.75) is 20.1 Å². The van der Waals surface area contributed by atoms with Gasteiger partial charge >= 0.3 is 0 Å². The minimum Gasteiger partial charge on any atom is -0.472 e. The Hall–Kier alpha value is -2.61. The van der Waals surface area contributed by atoms with E-state index in [9.17, 15) is 13.6 Å². The molecule has 0 unspecified atom stereocenters. The third-order valence-corrected chi connectivity index (χ3v) is 4.40. The van der Waals surface area contributed by atoms with Gasteiger partial charge in [0.05, 0.1) is 6.54 Å². The Morgan fingerprint density at radius 3 is 2.77 bits per heavy atom.